The fraction of sp³-hybridized carbons (Fsp3) is 0.188. The number of sulfonamides is 1. The number of nitrogens with zero attached hydrogens (tertiary/aromatic N) is 2. The van der Waals surface area contributed by atoms with Gasteiger partial charge in [-0.3, -0.25) is 4.72 Å². The van der Waals surface area contributed by atoms with Crippen molar-refractivity contribution < 1.29 is 17.2 Å². The summed E-state index contributed by atoms with van der Waals surface area (Å²) in [5.41, 5.74) is 0.207. The van der Waals surface area contributed by atoms with Gasteiger partial charge in [-0.15, -0.1) is 0 Å². The molecule has 8 heteroatoms. The van der Waals surface area contributed by atoms with Gasteiger partial charge in [-0.25, -0.2) is 22.2 Å². The van der Waals surface area contributed by atoms with Gasteiger partial charge in [-0.1, -0.05) is 0 Å². The Hall–Kier alpha value is -2.48. The van der Waals surface area contributed by atoms with Crippen LogP contribution in [0.4, 0.5) is 14.5 Å². The maximum absolute atomic E-state index is 13.8. The molecule has 24 heavy (non-hydrogen) atoms. The highest BCUT2D eigenvalue weighted by Crippen LogP contribution is 2.28. The van der Waals surface area contributed by atoms with Crippen LogP contribution in [-0.2, 0) is 10.0 Å². The Balaban J connectivity index is 2.12. The predicted octanol–water partition coefficient (Wildman–Crippen LogP) is 3.70. The second kappa shape index (κ2) is 5.86. The fourth-order valence-corrected chi connectivity index (χ4v) is 3.70. The largest absolute Gasteiger partial charge is 0.329 e. The molecule has 2 heterocycles. The number of pyridine rings is 1. The number of halogens is 2. The van der Waals surface area contributed by atoms with Crippen LogP contribution in [0.1, 0.15) is 19.9 Å². The molecular weight excluding hydrogens is 336 g/mol. The van der Waals surface area contributed by atoms with Crippen molar-refractivity contribution in [3.63, 3.8) is 0 Å². The standard InChI is InChI=1S/C16H15F2N3O2S/c1-10(2)21-9-15(12-4-3-7-19-16(12)21)24(22,23)20-14-6-5-11(17)8-13(14)18/h3-10,20H,1-2H3. The molecule has 0 aliphatic carbocycles. The summed E-state index contributed by atoms with van der Waals surface area (Å²) in [7, 11) is -4.06. The average molecular weight is 351 g/mol. The predicted molar refractivity (Wildman–Crippen MR) is 87.3 cm³/mol. The lowest BCUT2D eigenvalue weighted by Gasteiger charge is -2.08. The van der Waals surface area contributed by atoms with Gasteiger partial charge in [0.25, 0.3) is 10.0 Å². The topological polar surface area (TPSA) is 64.0 Å². The summed E-state index contributed by atoms with van der Waals surface area (Å²) in [5, 5.41) is 0.432. The van der Waals surface area contributed by atoms with E-state index in [-0.39, 0.29) is 16.6 Å². The van der Waals surface area contributed by atoms with E-state index < -0.39 is 21.7 Å². The van der Waals surface area contributed by atoms with Crippen molar-refractivity contribution in [1.29, 1.82) is 0 Å². The van der Waals surface area contributed by atoms with Crippen molar-refractivity contribution in [1.82, 2.24) is 9.55 Å². The zero-order valence-electron chi connectivity index (χ0n) is 13.0. The molecule has 0 spiro atoms. The highest BCUT2D eigenvalue weighted by atomic mass is 32.2. The van der Waals surface area contributed by atoms with E-state index in [4.69, 9.17) is 0 Å². The molecule has 0 bridgehead atoms. The molecule has 0 aliphatic heterocycles. The van der Waals surface area contributed by atoms with Crippen LogP contribution in [0.25, 0.3) is 11.0 Å². The summed E-state index contributed by atoms with van der Waals surface area (Å²) >= 11 is 0. The van der Waals surface area contributed by atoms with E-state index in [2.05, 4.69) is 9.71 Å². The number of nitrogens with one attached hydrogen (secondary N) is 1. The third-order valence-electron chi connectivity index (χ3n) is 3.57. The lowest BCUT2D eigenvalue weighted by molar-refractivity contribution is 0.582. The lowest BCUT2D eigenvalue weighted by atomic mass is 10.3. The first-order valence-electron chi connectivity index (χ1n) is 7.23. The van der Waals surface area contributed by atoms with E-state index in [1.54, 1.807) is 22.9 Å². The maximum Gasteiger partial charge on any atom is 0.264 e. The number of hydrogen-bond acceptors (Lipinski definition) is 3. The quantitative estimate of drug-likeness (QED) is 0.780. The Labute approximate surface area is 138 Å². The minimum Gasteiger partial charge on any atom is -0.329 e. The average Bonchev–Trinajstić information content (AvgIpc) is 2.91. The summed E-state index contributed by atoms with van der Waals surface area (Å²) < 4.78 is 56.0. The van der Waals surface area contributed by atoms with Crippen LogP contribution in [0.2, 0.25) is 0 Å². The number of fused-ring (bicyclic) bond motifs is 1. The van der Waals surface area contributed by atoms with Gasteiger partial charge < -0.3 is 4.57 Å². The van der Waals surface area contributed by atoms with Gasteiger partial charge in [0, 0.05) is 29.9 Å². The zero-order chi connectivity index (χ0) is 17.5. The molecule has 5 nitrogen and oxygen atoms in total. The molecule has 3 aromatic rings. The molecule has 0 saturated carbocycles. The van der Waals surface area contributed by atoms with Gasteiger partial charge >= 0.3 is 0 Å². The molecule has 0 saturated heterocycles. The number of hydrogen-bond donors (Lipinski definition) is 1. The van der Waals surface area contributed by atoms with E-state index in [9.17, 15) is 17.2 Å². The Bertz CT molecular complexity index is 1010. The molecule has 0 atom stereocenters. The second-order valence-electron chi connectivity index (χ2n) is 5.60. The minimum absolute atomic E-state index is 0.00564. The Morgan fingerprint density at radius 2 is 1.96 bits per heavy atom. The van der Waals surface area contributed by atoms with Crippen molar-refractivity contribution >= 4 is 26.7 Å². The Morgan fingerprint density at radius 1 is 1.21 bits per heavy atom. The summed E-state index contributed by atoms with van der Waals surface area (Å²) in [5.74, 6) is -1.76. The second-order valence-corrected chi connectivity index (χ2v) is 7.25. The molecule has 0 unspecified atom stereocenters. The molecule has 2 aromatic heterocycles. The molecule has 1 N–H and O–H groups in total. The van der Waals surface area contributed by atoms with Gasteiger partial charge in [0.2, 0.25) is 0 Å². The van der Waals surface area contributed by atoms with Crippen molar-refractivity contribution in [2.75, 3.05) is 4.72 Å². The van der Waals surface area contributed by atoms with Crippen LogP contribution >= 0.6 is 0 Å². The number of benzene rings is 1. The third-order valence-corrected chi connectivity index (χ3v) is 4.97. The number of anilines is 1. The van der Waals surface area contributed by atoms with Crippen molar-refractivity contribution in [2.24, 2.45) is 0 Å². The van der Waals surface area contributed by atoms with Crippen molar-refractivity contribution in [3.05, 3.63) is 54.4 Å². The molecule has 126 valence electrons. The summed E-state index contributed by atoms with van der Waals surface area (Å²) in [6.45, 7) is 3.80. The van der Waals surface area contributed by atoms with Gasteiger partial charge in [-0.05, 0) is 38.1 Å². The zero-order valence-corrected chi connectivity index (χ0v) is 13.8. The van der Waals surface area contributed by atoms with E-state index >= 15 is 0 Å². The molecule has 0 aliphatic rings. The highest BCUT2D eigenvalue weighted by Gasteiger charge is 2.23. The van der Waals surface area contributed by atoms with E-state index in [1.165, 1.54) is 6.20 Å². The Kier molecular flexibility index (Phi) is 4.00. The monoisotopic (exact) mass is 351 g/mol. The highest BCUT2D eigenvalue weighted by molar-refractivity contribution is 7.93. The van der Waals surface area contributed by atoms with Crippen molar-refractivity contribution in [2.45, 2.75) is 24.8 Å². The van der Waals surface area contributed by atoms with E-state index in [0.29, 0.717) is 17.1 Å². The molecule has 0 amide bonds. The van der Waals surface area contributed by atoms with Crippen LogP contribution < -0.4 is 4.72 Å². The number of aromatic nitrogens is 2. The van der Waals surface area contributed by atoms with Crippen LogP contribution in [0.3, 0.4) is 0 Å². The fourth-order valence-electron chi connectivity index (χ4n) is 2.43. The van der Waals surface area contributed by atoms with Crippen LogP contribution in [0.5, 0.6) is 0 Å². The minimum atomic E-state index is -4.06. The van der Waals surface area contributed by atoms with E-state index in [1.807, 2.05) is 13.8 Å². The first-order chi connectivity index (χ1) is 11.3. The normalized spacial score (nSPS) is 12.0. The number of rotatable bonds is 4. The first-order valence-corrected chi connectivity index (χ1v) is 8.71. The lowest BCUT2D eigenvalue weighted by Crippen LogP contribution is -2.14. The summed E-state index contributed by atoms with van der Waals surface area (Å²) in [4.78, 5) is 4.21. The molecule has 0 radical (unpaired) electrons. The van der Waals surface area contributed by atoms with E-state index in [0.717, 1.165) is 12.1 Å². The van der Waals surface area contributed by atoms with Crippen LogP contribution in [-0.4, -0.2) is 18.0 Å². The van der Waals surface area contributed by atoms with Gasteiger partial charge in [0.05, 0.1) is 5.69 Å². The maximum atomic E-state index is 13.8. The van der Waals surface area contributed by atoms with Crippen LogP contribution in [0.15, 0.2) is 47.6 Å². The summed E-state index contributed by atoms with van der Waals surface area (Å²) in [6.07, 6.45) is 3.04. The van der Waals surface area contributed by atoms with Crippen LogP contribution in [0, 0.1) is 11.6 Å². The first kappa shape index (κ1) is 16.4. The molecule has 3 rings (SSSR count). The SMILES string of the molecule is CC(C)n1cc(S(=O)(=O)Nc2ccc(F)cc2F)c2cccnc21. The van der Waals surface area contributed by atoms with Gasteiger partial charge in [0.15, 0.2) is 0 Å². The molecule has 0 fully saturated rings. The van der Waals surface area contributed by atoms with Crippen molar-refractivity contribution in [3.8, 4) is 0 Å². The molecular formula is C16H15F2N3O2S. The molecule has 1 aromatic carbocycles. The van der Waals surface area contributed by atoms with Gasteiger partial charge in [-0.2, -0.15) is 0 Å². The third kappa shape index (κ3) is 2.84. The smallest absolute Gasteiger partial charge is 0.264 e. The van der Waals surface area contributed by atoms with Gasteiger partial charge in [0.1, 0.15) is 22.2 Å². The Morgan fingerprint density at radius 3 is 2.62 bits per heavy atom. The summed E-state index contributed by atoms with van der Waals surface area (Å²) in [6, 6.07) is 5.91.